The van der Waals surface area contributed by atoms with Gasteiger partial charge < -0.3 is 28.7 Å². The SMILES string of the molecule is Cc1c[nH]c2ncc(-c3cc4c(c([C@@H]5COCCN5C(=O)OC(C)(C)C)c3)CN(C(=O)N3CCC(O[Si](c5ccccc5)(c5ccccc5)C(C)(C)C)C3)CC4)cc12. The summed E-state index contributed by atoms with van der Waals surface area (Å²) in [5.41, 5.74) is 6.60. The molecule has 0 saturated carbocycles. The van der Waals surface area contributed by atoms with E-state index in [4.69, 9.17) is 18.9 Å². The van der Waals surface area contributed by atoms with Crippen LogP contribution in [-0.4, -0.2) is 96.2 Å². The zero-order valence-electron chi connectivity index (χ0n) is 35.0. The fourth-order valence-electron chi connectivity index (χ4n) is 9.16. The van der Waals surface area contributed by atoms with Crippen molar-refractivity contribution in [3.8, 4) is 11.1 Å². The fraction of sp³-hybridized carbons (Fsp3) is 0.426. The van der Waals surface area contributed by atoms with E-state index >= 15 is 0 Å². The van der Waals surface area contributed by atoms with Gasteiger partial charge in [0.05, 0.1) is 25.4 Å². The molecule has 3 amide bonds. The van der Waals surface area contributed by atoms with E-state index in [-0.39, 0.29) is 29.3 Å². The van der Waals surface area contributed by atoms with E-state index in [1.807, 2.05) is 43.0 Å². The molecule has 3 aromatic carbocycles. The topological polar surface area (TPSA) is 100 Å². The number of pyridine rings is 1. The Kier molecular flexibility index (Phi) is 10.8. The summed E-state index contributed by atoms with van der Waals surface area (Å²) in [6, 6.07) is 27.7. The lowest BCUT2D eigenvalue weighted by Gasteiger charge is -2.44. The lowest BCUT2D eigenvalue weighted by Crippen LogP contribution is -2.67. The first kappa shape index (κ1) is 39.8. The number of amides is 3. The van der Waals surface area contributed by atoms with E-state index in [0.717, 1.165) is 45.3 Å². The van der Waals surface area contributed by atoms with E-state index < -0.39 is 13.9 Å². The Morgan fingerprint density at radius 1 is 0.879 bits per heavy atom. The number of nitrogens with one attached hydrogen (secondary N) is 1. The maximum atomic E-state index is 14.6. The summed E-state index contributed by atoms with van der Waals surface area (Å²) in [6.07, 6.45) is 4.90. The summed E-state index contributed by atoms with van der Waals surface area (Å²) in [5, 5.41) is 3.40. The van der Waals surface area contributed by atoms with E-state index in [2.05, 4.69) is 112 Å². The number of likely N-dealkylation sites (tertiary alicyclic amines) is 1. The zero-order valence-corrected chi connectivity index (χ0v) is 36.0. The lowest BCUT2D eigenvalue weighted by molar-refractivity contribution is -0.0334. The number of ether oxygens (including phenoxy) is 2. The molecule has 5 heterocycles. The summed E-state index contributed by atoms with van der Waals surface area (Å²) in [4.78, 5) is 42.1. The minimum atomic E-state index is -2.78. The first-order valence-electron chi connectivity index (χ1n) is 20.7. The van der Waals surface area contributed by atoms with Gasteiger partial charge in [-0.3, -0.25) is 4.90 Å². The molecular formula is C47H57N5O5Si. The second-order valence-electron chi connectivity index (χ2n) is 18.2. The van der Waals surface area contributed by atoms with Crippen LogP contribution in [0.25, 0.3) is 22.2 Å². The lowest BCUT2D eigenvalue weighted by atomic mass is 9.87. The molecule has 3 aliphatic heterocycles. The zero-order chi connectivity index (χ0) is 40.8. The van der Waals surface area contributed by atoms with Gasteiger partial charge in [0.2, 0.25) is 0 Å². The molecule has 2 saturated heterocycles. The first-order valence-corrected chi connectivity index (χ1v) is 22.6. The number of carbonyl (C=O) groups is 2. The van der Waals surface area contributed by atoms with Crippen LogP contribution in [0.1, 0.15) is 76.3 Å². The van der Waals surface area contributed by atoms with Gasteiger partial charge in [-0.25, -0.2) is 14.6 Å². The van der Waals surface area contributed by atoms with Crippen molar-refractivity contribution in [3.63, 3.8) is 0 Å². The summed E-state index contributed by atoms with van der Waals surface area (Å²) in [6.45, 7) is 18.0. The monoisotopic (exact) mass is 799 g/mol. The standard InChI is InChI=1S/C47H57N5O5Si/c1-32-27-48-43-39(32)26-35(28-49-43)34-24-33-18-20-51(30-41(33)40(25-34)42-31-55-23-22-52(42)45(54)56-46(2,3)4)44(53)50-21-19-36(29-50)57-58(47(5,6)7,37-14-10-8-11-15-37)38-16-12-9-13-17-38/h8-17,24-28,36,42H,18-23,29-31H2,1-7H3,(H,48,49)/t36?,42-/m0/s1. The molecule has 8 rings (SSSR count). The first-order chi connectivity index (χ1) is 27.7. The molecule has 11 heteroatoms. The maximum absolute atomic E-state index is 14.6. The third kappa shape index (κ3) is 7.67. The number of nitrogens with zero attached hydrogens (tertiary/aromatic N) is 4. The van der Waals surface area contributed by atoms with Gasteiger partial charge in [-0.2, -0.15) is 0 Å². The van der Waals surface area contributed by atoms with E-state index in [9.17, 15) is 9.59 Å². The average molecular weight is 800 g/mol. The smallest absolute Gasteiger partial charge is 0.410 e. The molecule has 3 aliphatic rings. The van der Waals surface area contributed by atoms with Gasteiger partial charge in [0.1, 0.15) is 11.2 Å². The molecule has 0 bridgehead atoms. The van der Waals surface area contributed by atoms with Crippen LogP contribution in [0.15, 0.2) is 91.3 Å². The highest BCUT2D eigenvalue weighted by Gasteiger charge is 2.52. The van der Waals surface area contributed by atoms with Crippen molar-refractivity contribution in [2.45, 2.75) is 90.6 Å². The highest BCUT2D eigenvalue weighted by Crippen LogP contribution is 2.40. The van der Waals surface area contributed by atoms with Crippen LogP contribution < -0.4 is 10.4 Å². The minimum Gasteiger partial charge on any atom is -0.444 e. The molecule has 5 aromatic rings. The van der Waals surface area contributed by atoms with Crippen LogP contribution in [0.3, 0.4) is 0 Å². The third-order valence-electron chi connectivity index (χ3n) is 12.0. The van der Waals surface area contributed by atoms with Crippen LogP contribution >= 0.6 is 0 Å². The van der Waals surface area contributed by atoms with Crippen molar-refractivity contribution >= 4 is 41.8 Å². The number of benzene rings is 3. The Balaban J connectivity index is 1.09. The minimum absolute atomic E-state index is 0.0238. The molecule has 0 aliphatic carbocycles. The molecule has 2 aromatic heterocycles. The highest BCUT2D eigenvalue weighted by atomic mass is 28.4. The normalized spacial score (nSPS) is 19.1. The summed E-state index contributed by atoms with van der Waals surface area (Å²) >= 11 is 0. The number of fused-ring (bicyclic) bond motifs is 2. The van der Waals surface area contributed by atoms with Crippen molar-refractivity contribution in [3.05, 3.63) is 114 Å². The van der Waals surface area contributed by atoms with E-state index in [1.54, 1.807) is 4.90 Å². The second-order valence-corrected chi connectivity index (χ2v) is 22.4. The number of hydrogen-bond acceptors (Lipinski definition) is 6. The number of hydrogen-bond donors (Lipinski definition) is 1. The quantitative estimate of drug-likeness (QED) is 0.175. The summed E-state index contributed by atoms with van der Waals surface area (Å²) in [7, 11) is -2.78. The largest absolute Gasteiger partial charge is 0.444 e. The molecule has 58 heavy (non-hydrogen) atoms. The number of rotatable bonds is 6. The molecule has 2 atom stereocenters. The van der Waals surface area contributed by atoms with Crippen LogP contribution in [0, 0.1) is 6.92 Å². The van der Waals surface area contributed by atoms with Gasteiger partial charge in [0, 0.05) is 56.1 Å². The Morgan fingerprint density at radius 2 is 1.59 bits per heavy atom. The molecule has 1 unspecified atom stereocenters. The fourth-order valence-corrected chi connectivity index (χ4v) is 13.9. The van der Waals surface area contributed by atoms with Gasteiger partial charge in [-0.05, 0) is 95.9 Å². The van der Waals surface area contributed by atoms with Gasteiger partial charge in [0.15, 0.2) is 0 Å². The molecule has 1 N–H and O–H groups in total. The number of H-pyrrole nitrogens is 1. The summed E-state index contributed by atoms with van der Waals surface area (Å²) in [5.74, 6) is 0. The molecule has 304 valence electrons. The molecule has 0 spiro atoms. The van der Waals surface area contributed by atoms with Gasteiger partial charge in [0.25, 0.3) is 8.32 Å². The van der Waals surface area contributed by atoms with Crippen molar-refractivity contribution in [2.24, 2.45) is 0 Å². The average Bonchev–Trinajstić information content (AvgIpc) is 3.84. The molecular weight excluding hydrogens is 743 g/mol. The summed E-state index contributed by atoms with van der Waals surface area (Å²) < 4.78 is 19.5. The van der Waals surface area contributed by atoms with E-state index in [1.165, 1.54) is 15.9 Å². The van der Waals surface area contributed by atoms with Crippen molar-refractivity contribution < 1.29 is 23.5 Å². The third-order valence-corrected chi connectivity index (χ3v) is 17.1. The Bertz CT molecular complexity index is 2240. The number of carbonyl (C=O) groups excluding carboxylic acids is 2. The van der Waals surface area contributed by atoms with Crippen LogP contribution in [0.2, 0.25) is 5.04 Å². The van der Waals surface area contributed by atoms with Crippen LogP contribution in [-0.2, 0) is 26.9 Å². The van der Waals surface area contributed by atoms with Crippen LogP contribution in [0.5, 0.6) is 0 Å². The predicted octanol–water partition coefficient (Wildman–Crippen LogP) is 7.98. The number of aromatic nitrogens is 2. The van der Waals surface area contributed by atoms with Crippen molar-refractivity contribution in [1.82, 2.24) is 24.7 Å². The second kappa shape index (κ2) is 15.7. The number of aryl methyl sites for hydroxylation is 1. The van der Waals surface area contributed by atoms with Gasteiger partial charge in [-0.1, -0.05) is 87.5 Å². The molecule has 10 nitrogen and oxygen atoms in total. The highest BCUT2D eigenvalue weighted by molar-refractivity contribution is 6.99. The van der Waals surface area contributed by atoms with Gasteiger partial charge in [-0.15, -0.1) is 0 Å². The van der Waals surface area contributed by atoms with Crippen molar-refractivity contribution in [1.29, 1.82) is 0 Å². The predicted molar refractivity (Wildman–Crippen MR) is 231 cm³/mol. The number of morpholine rings is 1. The molecule has 2 fully saturated rings. The number of aromatic amines is 1. The van der Waals surface area contributed by atoms with Gasteiger partial charge >= 0.3 is 12.1 Å². The number of urea groups is 1. The maximum Gasteiger partial charge on any atom is 0.410 e. The Hall–Kier alpha value is -4.97. The van der Waals surface area contributed by atoms with Crippen LogP contribution in [0.4, 0.5) is 9.59 Å². The Labute approximate surface area is 343 Å². The van der Waals surface area contributed by atoms with Crippen molar-refractivity contribution in [2.75, 3.05) is 39.4 Å². The molecule has 0 radical (unpaired) electrons. The van der Waals surface area contributed by atoms with E-state index in [0.29, 0.717) is 52.4 Å². The Morgan fingerprint density at radius 3 is 2.26 bits per heavy atom.